The van der Waals surface area contributed by atoms with Gasteiger partial charge in [0.05, 0.1) is 0 Å². The van der Waals surface area contributed by atoms with Gasteiger partial charge in [0.25, 0.3) is 0 Å². The van der Waals surface area contributed by atoms with Gasteiger partial charge >= 0.3 is 0 Å². The fourth-order valence-corrected chi connectivity index (χ4v) is 3.68. The van der Waals surface area contributed by atoms with Crippen molar-refractivity contribution in [2.45, 2.75) is 24.3 Å². The standard InChI is InChI=1S/C20H22N4S/c1-25-18-9-7-16(8-10-18)19-21-20(23-22-19)17-6-4-5-15(13-17)14-24-11-2-3-12-24/h4-10,13H,2-3,11-12,14H2,1H3,(H,21,22,23). The number of nitrogens with zero attached hydrogens (tertiary/aromatic N) is 3. The number of hydrogen-bond acceptors (Lipinski definition) is 4. The SMILES string of the molecule is CSc1ccc(-c2nc(-c3cccc(CN4CCCC4)c3)n[nH]2)cc1. The highest BCUT2D eigenvalue weighted by Crippen LogP contribution is 2.24. The van der Waals surface area contributed by atoms with Crippen molar-refractivity contribution in [1.29, 1.82) is 0 Å². The maximum atomic E-state index is 4.69. The molecular formula is C20H22N4S. The smallest absolute Gasteiger partial charge is 0.181 e. The van der Waals surface area contributed by atoms with Crippen molar-refractivity contribution in [3.63, 3.8) is 0 Å². The predicted octanol–water partition coefficient (Wildman–Crippen LogP) is 4.46. The van der Waals surface area contributed by atoms with Crippen molar-refractivity contribution >= 4 is 11.8 Å². The van der Waals surface area contributed by atoms with Crippen LogP contribution in [0.4, 0.5) is 0 Å². The first-order valence-corrected chi connectivity index (χ1v) is 9.93. The summed E-state index contributed by atoms with van der Waals surface area (Å²) in [5.74, 6) is 1.57. The van der Waals surface area contributed by atoms with Crippen LogP contribution in [0.3, 0.4) is 0 Å². The number of H-pyrrole nitrogens is 1. The molecule has 0 aliphatic carbocycles. The van der Waals surface area contributed by atoms with Gasteiger partial charge in [-0.3, -0.25) is 10.00 Å². The van der Waals surface area contributed by atoms with E-state index >= 15 is 0 Å². The Labute approximate surface area is 152 Å². The topological polar surface area (TPSA) is 44.8 Å². The Bertz CT molecular complexity index is 835. The molecule has 1 N–H and O–H groups in total. The maximum absolute atomic E-state index is 4.69. The summed E-state index contributed by atoms with van der Waals surface area (Å²) in [7, 11) is 0. The molecule has 128 valence electrons. The molecule has 1 aliphatic rings. The van der Waals surface area contributed by atoms with Crippen LogP contribution in [0.15, 0.2) is 53.4 Å². The minimum Gasteiger partial charge on any atom is -0.299 e. The number of nitrogens with one attached hydrogen (secondary N) is 1. The average Bonchev–Trinajstić information content (AvgIpc) is 3.34. The molecule has 0 radical (unpaired) electrons. The normalized spacial score (nSPS) is 14.9. The molecule has 1 aromatic heterocycles. The van der Waals surface area contributed by atoms with Crippen molar-refractivity contribution < 1.29 is 0 Å². The monoisotopic (exact) mass is 350 g/mol. The molecule has 0 spiro atoms. The van der Waals surface area contributed by atoms with Gasteiger partial charge in [-0.15, -0.1) is 11.8 Å². The van der Waals surface area contributed by atoms with Gasteiger partial charge in [-0.1, -0.05) is 30.3 Å². The van der Waals surface area contributed by atoms with E-state index in [1.807, 2.05) is 0 Å². The second-order valence-electron chi connectivity index (χ2n) is 6.42. The first kappa shape index (κ1) is 16.4. The third-order valence-electron chi connectivity index (χ3n) is 4.64. The van der Waals surface area contributed by atoms with Gasteiger partial charge in [-0.05, 0) is 55.9 Å². The highest BCUT2D eigenvalue weighted by molar-refractivity contribution is 7.98. The largest absolute Gasteiger partial charge is 0.299 e. The second kappa shape index (κ2) is 7.42. The third kappa shape index (κ3) is 3.78. The molecule has 4 nitrogen and oxygen atoms in total. The van der Waals surface area contributed by atoms with E-state index in [9.17, 15) is 0 Å². The van der Waals surface area contributed by atoms with Crippen LogP contribution in [0.25, 0.3) is 22.8 Å². The molecule has 0 atom stereocenters. The van der Waals surface area contributed by atoms with Crippen LogP contribution in [-0.4, -0.2) is 39.4 Å². The highest BCUT2D eigenvalue weighted by atomic mass is 32.2. The molecule has 5 heteroatoms. The van der Waals surface area contributed by atoms with E-state index in [2.05, 4.69) is 69.9 Å². The number of thioether (sulfide) groups is 1. The first-order chi connectivity index (χ1) is 12.3. The van der Waals surface area contributed by atoms with Crippen LogP contribution in [0.2, 0.25) is 0 Å². The third-order valence-corrected chi connectivity index (χ3v) is 5.38. The number of aromatic nitrogens is 3. The lowest BCUT2D eigenvalue weighted by Gasteiger charge is -2.14. The van der Waals surface area contributed by atoms with E-state index in [1.165, 1.54) is 36.4 Å². The van der Waals surface area contributed by atoms with Gasteiger partial charge in [0.15, 0.2) is 11.6 Å². The van der Waals surface area contributed by atoms with Crippen LogP contribution in [-0.2, 0) is 6.54 Å². The summed E-state index contributed by atoms with van der Waals surface area (Å²) in [6.07, 6.45) is 4.72. The summed E-state index contributed by atoms with van der Waals surface area (Å²) in [5.41, 5.74) is 3.46. The Morgan fingerprint density at radius 2 is 1.84 bits per heavy atom. The summed E-state index contributed by atoms with van der Waals surface area (Å²) in [6.45, 7) is 3.43. The molecule has 2 aromatic carbocycles. The summed E-state index contributed by atoms with van der Waals surface area (Å²) in [5, 5.41) is 7.50. The Morgan fingerprint density at radius 3 is 2.60 bits per heavy atom. The van der Waals surface area contributed by atoms with E-state index in [1.54, 1.807) is 11.8 Å². The summed E-state index contributed by atoms with van der Waals surface area (Å²) in [4.78, 5) is 8.45. The van der Waals surface area contributed by atoms with E-state index < -0.39 is 0 Å². The molecule has 0 saturated carbocycles. The molecule has 2 heterocycles. The number of hydrogen-bond donors (Lipinski definition) is 1. The lowest BCUT2D eigenvalue weighted by Crippen LogP contribution is -2.18. The minimum absolute atomic E-state index is 0.757. The Morgan fingerprint density at radius 1 is 1.04 bits per heavy atom. The van der Waals surface area contributed by atoms with E-state index in [0.29, 0.717) is 0 Å². The summed E-state index contributed by atoms with van der Waals surface area (Å²) < 4.78 is 0. The average molecular weight is 350 g/mol. The van der Waals surface area contributed by atoms with Crippen molar-refractivity contribution in [1.82, 2.24) is 20.1 Å². The maximum Gasteiger partial charge on any atom is 0.181 e. The van der Waals surface area contributed by atoms with Crippen molar-refractivity contribution in [3.8, 4) is 22.8 Å². The highest BCUT2D eigenvalue weighted by Gasteiger charge is 2.13. The van der Waals surface area contributed by atoms with E-state index in [0.717, 1.165) is 29.3 Å². The van der Waals surface area contributed by atoms with Crippen LogP contribution >= 0.6 is 11.8 Å². The van der Waals surface area contributed by atoms with Crippen molar-refractivity contribution in [2.24, 2.45) is 0 Å². The van der Waals surface area contributed by atoms with E-state index in [4.69, 9.17) is 4.98 Å². The van der Waals surface area contributed by atoms with E-state index in [-0.39, 0.29) is 0 Å². The predicted molar refractivity (Wildman–Crippen MR) is 104 cm³/mol. The molecule has 0 bridgehead atoms. The minimum atomic E-state index is 0.757. The Balaban J connectivity index is 1.54. The Kier molecular flexibility index (Phi) is 4.85. The number of aromatic amines is 1. The zero-order chi connectivity index (χ0) is 17.1. The van der Waals surface area contributed by atoms with Crippen LogP contribution in [0.1, 0.15) is 18.4 Å². The van der Waals surface area contributed by atoms with Gasteiger partial charge in [-0.2, -0.15) is 5.10 Å². The second-order valence-corrected chi connectivity index (χ2v) is 7.30. The molecule has 1 fully saturated rings. The summed E-state index contributed by atoms with van der Waals surface area (Å²) >= 11 is 1.74. The molecule has 4 rings (SSSR count). The van der Waals surface area contributed by atoms with Crippen LogP contribution in [0.5, 0.6) is 0 Å². The lowest BCUT2D eigenvalue weighted by atomic mass is 10.1. The number of benzene rings is 2. The van der Waals surface area contributed by atoms with Crippen molar-refractivity contribution in [3.05, 3.63) is 54.1 Å². The zero-order valence-electron chi connectivity index (χ0n) is 14.4. The molecule has 25 heavy (non-hydrogen) atoms. The van der Waals surface area contributed by atoms with Gasteiger partial charge in [-0.25, -0.2) is 4.98 Å². The lowest BCUT2D eigenvalue weighted by molar-refractivity contribution is 0.331. The number of likely N-dealkylation sites (tertiary alicyclic amines) is 1. The molecular weight excluding hydrogens is 328 g/mol. The molecule has 0 unspecified atom stereocenters. The molecule has 0 amide bonds. The van der Waals surface area contributed by atoms with Crippen LogP contribution in [0, 0.1) is 0 Å². The van der Waals surface area contributed by atoms with Gasteiger partial charge < -0.3 is 0 Å². The van der Waals surface area contributed by atoms with Gasteiger partial charge in [0.1, 0.15) is 0 Å². The zero-order valence-corrected chi connectivity index (χ0v) is 15.2. The Hall–Kier alpha value is -2.11. The number of rotatable bonds is 5. The fourth-order valence-electron chi connectivity index (χ4n) is 3.28. The van der Waals surface area contributed by atoms with Gasteiger partial charge in [0, 0.05) is 22.6 Å². The van der Waals surface area contributed by atoms with Crippen LogP contribution < -0.4 is 0 Å². The molecule has 3 aromatic rings. The molecule has 1 saturated heterocycles. The van der Waals surface area contributed by atoms with Gasteiger partial charge in [0.2, 0.25) is 0 Å². The first-order valence-electron chi connectivity index (χ1n) is 8.70. The van der Waals surface area contributed by atoms with Crippen molar-refractivity contribution in [2.75, 3.05) is 19.3 Å². The quantitative estimate of drug-likeness (QED) is 0.690. The fraction of sp³-hybridized carbons (Fsp3) is 0.300. The molecule has 1 aliphatic heterocycles. The summed E-state index contributed by atoms with van der Waals surface area (Å²) in [6, 6.07) is 17.0.